The summed E-state index contributed by atoms with van der Waals surface area (Å²) in [5.41, 5.74) is 1.20. The molecular formula is C18H20N6. The first-order valence-electron chi connectivity index (χ1n) is 8.33. The smallest absolute Gasteiger partial charge is 0.151 e. The predicted octanol–water partition coefficient (Wildman–Crippen LogP) is 2.50. The van der Waals surface area contributed by atoms with Crippen molar-refractivity contribution in [3.05, 3.63) is 66.6 Å². The van der Waals surface area contributed by atoms with E-state index in [0.29, 0.717) is 5.92 Å². The third-order valence-electron chi connectivity index (χ3n) is 4.57. The van der Waals surface area contributed by atoms with Crippen molar-refractivity contribution in [3.8, 4) is 0 Å². The number of nitrogens with zero attached hydrogens (tertiary/aromatic N) is 6. The van der Waals surface area contributed by atoms with E-state index in [1.54, 1.807) is 12.4 Å². The average Bonchev–Trinajstić information content (AvgIpc) is 3.11. The van der Waals surface area contributed by atoms with E-state index in [1.165, 1.54) is 11.4 Å². The van der Waals surface area contributed by atoms with Crippen LogP contribution in [0.25, 0.3) is 0 Å². The molecule has 0 spiro atoms. The number of rotatable bonds is 4. The predicted molar refractivity (Wildman–Crippen MR) is 91.8 cm³/mol. The van der Waals surface area contributed by atoms with Crippen molar-refractivity contribution in [2.45, 2.75) is 25.3 Å². The molecule has 4 heterocycles. The third-order valence-corrected chi connectivity index (χ3v) is 4.57. The van der Waals surface area contributed by atoms with Crippen molar-refractivity contribution in [1.82, 2.24) is 24.7 Å². The van der Waals surface area contributed by atoms with Gasteiger partial charge in [0.25, 0.3) is 0 Å². The fraction of sp³-hybridized carbons (Fsp3) is 0.333. The maximum atomic E-state index is 4.63. The van der Waals surface area contributed by atoms with Gasteiger partial charge in [0, 0.05) is 50.0 Å². The lowest BCUT2D eigenvalue weighted by Crippen LogP contribution is -2.34. The quantitative estimate of drug-likeness (QED) is 0.739. The maximum Gasteiger partial charge on any atom is 0.151 e. The summed E-state index contributed by atoms with van der Waals surface area (Å²) in [6.07, 6.45) is 11.6. The van der Waals surface area contributed by atoms with E-state index in [0.717, 1.165) is 38.3 Å². The SMILES string of the molecule is c1cncc(Cn2ccnc2C2CCN(c3cccnn3)CC2)c1. The molecule has 0 N–H and O–H groups in total. The molecule has 1 saturated heterocycles. The van der Waals surface area contributed by atoms with Crippen molar-refractivity contribution < 1.29 is 0 Å². The number of imidazole rings is 1. The van der Waals surface area contributed by atoms with Crippen LogP contribution in [0.1, 0.15) is 30.1 Å². The number of anilines is 1. The van der Waals surface area contributed by atoms with Crippen LogP contribution in [0, 0.1) is 0 Å². The Bertz CT molecular complexity index is 762. The van der Waals surface area contributed by atoms with Crippen LogP contribution in [-0.4, -0.2) is 37.8 Å². The van der Waals surface area contributed by atoms with Gasteiger partial charge in [-0.1, -0.05) is 6.07 Å². The molecular weight excluding hydrogens is 300 g/mol. The molecule has 3 aromatic rings. The highest BCUT2D eigenvalue weighted by atomic mass is 15.3. The monoisotopic (exact) mass is 320 g/mol. The first-order chi connectivity index (χ1) is 11.9. The summed E-state index contributed by atoms with van der Waals surface area (Å²) in [7, 11) is 0. The summed E-state index contributed by atoms with van der Waals surface area (Å²) >= 11 is 0. The molecule has 24 heavy (non-hydrogen) atoms. The van der Waals surface area contributed by atoms with Gasteiger partial charge in [-0.25, -0.2) is 4.98 Å². The molecule has 0 saturated carbocycles. The molecule has 0 unspecified atom stereocenters. The Kier molecular flexibility index (Phi) is 4.18. The molecule has 1 fully saturated rings. The molecule has 3 aromatic heterocycles. The van der Waals surface area contributed by atoms with Crippen LogP contribution in [0.3, 0.4) is 0 Å². The van der Waals surface area contributed by atoms with Crippen LogP contribution >= 0.6 is 0 Å². The highest BCUT2D eigenvalue weighted by molar-refractivity contribution is 5.37. The number of hydrogen-bond acceptors (Lipinski definition) is 5. The van der Waals surface area contributed by atoms with Crippen LogP contribution in [0.2, 0.25) is 0 Å². The van der Waals surface area contributed by atoms with E-state index in [4.69, 9.17) is 0 Å². The Balaban J connectivity index is 1.44. The van der Waals surface area contributed by atoms with Crippen molar-refractivity contribution in [2.24, 2.45) is 0 Å². The molecule has 122 valence electrons. The number of piperidine rings is 1. The maximum absolute atomic E-state index is 4.63. The Morgan fingerprint density at radius 1 is 1.04 bits per heavy atom. The second-order valence-electron chi connectivity index (χ2n) is 6.12. The van der Waals surface area contributed by atoms with Gasteiger partial charge in [0.15, 0.2) is 5.82 Å². The van der Waals surface area contributed by atoms with Gasteiger partial charge < -0.3 is 9.47 Å². The lowest BCUT2D eigenvalue weighted by Gasteiger charge is -2.32. The van der Waals surface area contributed by atoms with E-state index in [2.05, 4.69) is 41.9 Å². The van der Waals surface area contributed by atoms with Crippen molar-refractivity contribution in [2.75, 3.05) is 18.0 Å². The lowest BCUT2D eigenvalue weighted by molar-refractivity contribution is 0.467. The molecule has 1 aliphatic rings. The molecule has 0 amide bonds. The second-order valence-corrected chi connectivity index (χ2v) is 6.12. The van der Waals surface area contributed by atoms with E-state index in [9.17, 15) is 0 Å². The van der Waals surface area contributed by atoms with E-state index < -0.39 is 0 Å². The molecule has 6 heteroatoms. The molecule has 0 aliphatic carbocycles. The number of hydrogen-bond donors (Lipinski definition) is 0. The Hall–Kier alpha value is -2.76. The van der Waals surface area contributed by atoms with E-state index >= 15 is 0 Å². The minimum Gasteiger partial charge on any atom is -0.355 e. The van der Waals surface area contributed by atoms with Gasteiger partial charge in [-0.3, -0.25) is 4.98 Å². The fourth-order valence-corrected chi connectivity index (χ4v) is 3.33. The number of pyridine rings is 1. The molecule has 0 aromatic carbocycles. The van der Waals surface area contributed by atoms with Gasteiger partial charge in [-0.05, 0) is 36.6 Å². The topological polar surface area (TPSA) is 59.7 Å². The van der Waals surface area contributed by atoms with Crippen LogP contribution in [0.4, 0.5) is 5.82 Å². The first-order valence-corrected chi connectivity index (χ1v) is 8.33. The minimum atomic E-state index is 0.490. The summed E-state index contributed by atoms with van der Waals surface area (Å²) in [6.45, 7) is 2.81. The Morgan fingerprint density at radius 3 is 2.67 bits per heavy atom. The second kappa shape index (κ2) is 6.78. The van der Waals surface area contributed by atoms with Gasteiger partial charge in [0.1, 0.15) is 5.82 Å². The average molecular weight is 320 g/mol. The van der Waals surface area contributed by atoms with Gasteiger partial charge in [0.05, 0.1) is 6.54 Å². The van der Waals surface area contributed by atoms with E-state index in [-0.39, 0.29) is 0 Å². The Labute approximate surface area is 141 Å². The molecule has 6 nitrogen and oxygen atoms in total. The molecule has 0 atom stereocenters. The van der Waals surface area contributed by atoms with Gasteiger partial charge >= 0.3 is 0 Å². The van der Waals surface area contributed by atoms with Crippen molar-refractivity contribution in [1.29, 1.82) is 0 Å². The fourth-order valence-electron chi connectivity index (χ4n) is 3.33. The van der Waals surface area contributed by atoms with Crippen LogP contribution in [0.5, 0.6) is 0 Å². The third kappa shape index (κ3) is 3.13. The summed E-state index contributed by atoms with van der Waals surface area (Å²) < 4.78 is 2.25. The zero-order chi connectivity index (χ0) is 16.2. The largest absolute Gasteiger partial charge is 0.355 e. The van der Waals surface area contributed by atoms with Gasteiger partial charge in [-0.2, -0.15) is 5.10 Å². The summed E-state index contributed by atoms with van der Waals surface area (Å²) in [4.78, 5) is 11.1. The molecule has 1 aliphatic heterocycles. The van der Waals surface area contributed by atoms with Crippen molar-refractivity contribution >= 4 is 5.82 Å². The van der Waals surface area contributed by atoms with Crippen LogP contribution in [0.15, 0.2) is 55.2 Å². The van der Waals surface area contributed by atoms with E-state index in [1.807, 2.05) is 30.6 Å². The zero-order valence-electron chi connectivity index (χ0n) is 13.5. The highest BCUT2D eigenvalue weighted by Gasteiger charge is 2.24. The van der Waals surface area contributed by atoms with Crippen LogP contribution in [-0.2, 0) is 6.54 Å². The van der Waals surface area contributed by atoms with Crippen LogP contribution < -0.4 is 4.90 Å². The Morgan fingerprint density at radius 2 is 1.92 bits per heavy atom. The van der Waals surface area contributed by atoms with Gasteiger partial charge in [0.2, 0.25) is 0 Å². The highest BCUT2D eigenvalue weighted by Crippen LogP contribution is 2.29. The number of aromatic nitrogens is 5. The summed E-state index contributed by atoms with van der Waals surface area (Å²) in [5.74, 6) is 2.64. The normalized spacial score (nSPS) is 15.6. The summed E-state index contributed by atoms with van der Waals surface area (Å²) in [6, 6.07) is 8.05. The zero-order valence-corrected chi connectivity index (χ0v) is 13.5. The standard InChI is InChI=1S/C18H20N6/c1-3-15(13-19-7-1)14-24-12-9-20-18(24)16-5-10-23(11-6-16)17-4-2-8-21-22-17/h1-4,7-9,12-13,16H,5-6,10-11,14H2. The molecule has 0 radical (unpaired) electrons. The lowest BCUT2D eigenvalue weighted by atomic mass is 9.96. The summed E-state index contributed by atoms with van der Waals surface area (Å²) in [5, 5.41) is 8.19. The first kappa shape index (κ1) is 14.8. The molecule has 0 bridgehead atoms. The van der Waals surface area contributed by atoms with Gasteiger partial charge in [-0.15, -0.1) is 5.10 Å². The van der Waals surface area contributed by atoms with Crippen molar-refractivity contribution in [3.63, 3.8) is 0 Å². The minimum absolute atomic E-state index is 0.490. The molecule has 4 rings (SSSR count).